The number of benzene rings is 1. The van der Waals surface area contributed by atoms with Crippen LogP contribution in [-0.4, -0.2) is 29.0 Å². The number of nitrogens with zero attached hydrogens (tertiary/aromatic N) is 2. The van der Waals surface area contributed by atoms with Gasteiger partial charge in [-0.2, -0.15) is 5.26 Å². The summed E-state index contributed by atoms with van der Waals surface area (Å²) in [6.07, 6.45) is 3.56. The Labute approximate surface area is 105 Å². The highest BCUT2D eigenvalue weighted by Crippen LogP contribution is 2.52. The average Bonchev–Trinajstić information content (AvgIpc) is 2.99. The van der Waals surface area contributed by atoms with Gasteiger partial charge >= 0.3 is 0 Å². The standard InChI is InChI=1S/C14H14N2O2/c15-8-11-7-10(1-2-12(11)17)13(18)16-6-5-14(9-16)3-4-14/h1-2,7,17H,3-6,9H2. The lowest BCUT2D eigenvalue weighted by Gasteiger charge is -2.16. The van der Waals surface area contributed by atoms with E-state index in [4.69, 9.17) is 5.26 Å². The molecule has 0 aromatic heterocycles. The minimum atomic E-state index is -0.0749. The summed E-state index contributed by atoms with van der Waals surface area (Å²) in [7, 11) is 0. The van der Waals surface area contributed by atoms with E-state index in [1.54, 1.807) is 6.07 Å². The predicted molar refractivity (Wildman–Crippen MR) is 65.0 cm³/mol. The summed E-state index contributed by atoms with van der Waals surface area (Å²) in [4.78, 5) is 14.1. The van der Waals surface area contributed by atoms with Crippen molar-refractivity contribution in [2.75, 3.05) is 13.1 Å². The van der Waals surface area contributed by atoms with Gasteiger partial charge in [0.15, 0.2) is 0 Å². The molecule has 1 N–H and O–H groups in total. The minimum absolute atomic E-state index is 0.0322. The zero-order valence-corrected chi connectivity index (χ0v) is 10.0. The van der Waals surface area contributed by atoms with Crippen molar-refractivity contribution >= 4 is 5.91 Å². The number of phenols is 1. The molecule has 1 amide bonds. The maximum absolute atomic E-state index is 12.3. The fourth-order valence-corrected chi connectivity index (χ4v) is 2.63. The molecule has 0 atom stereocenters. The van der Waals surface area contributed by atoms with Gasteiger partial charge in [-0.3, -0.25) is 4.79 Å². The number of amides is 1. The van der Waals surface area contributed by atoms with Gasteiger partial charge in [0.1, 0.15) is 11.8 Å². The van der Waals surface area contributed by atoms with Gasteiger partial charge in [0.05, 0.1) is 5.56 Å². The number of aromatic hydroxyl groups is 1. The van der Waals surface area contributed by atoms with Crippen molar-refractivity contribution in [3.8, 4) is 11.8 Å². The van der Waals surface area contributed by atoms with Crippen LogP contribution in [0.2, 0.25) is 0 Å². The van der Waals surface area contributed by atoms with Crippen LogP contribution in [0.25, 0.3) is 0 Å². The van der Waals surface area contributed by atoms with E-state index in [-0.39, 0.29) is 17.2 Å². The van der Waals surface area contributed by atoms with Crippen LogP contribution in [0.4, 0.5) is 0 Å². The number of nitriles is 1. The Hall–Kier alpha value is -2.02. The molecule has 0 radical (unpaired) electrons. The molecule has 3 rings (SSSR count). The maximum atomic E-state index is 12.3. The third-order valence-corrected chi connectivity index (χ3v) is 4.05. The summed E-state index contributed by atoms with van der Waals surface area (Å²) in [5.41, 5.74) is 1.05. The Morgan fingerprint density at radius 3 is 2.78 bits per heavy atom. The van der Waals surface area contributed by atoms with Gasteiger partial charge in [-0.1, -0.05) is 0 Å². The number of hydrogen-bond acceptors (Lipinski definition) is 3. The van der Waals surface area contributed by atoms with Crippen molar-refractivity contribution in [3.05, 3.63) is 29.3 Å². The summed E-state index contributed by atoms with van der Waals surface area (Å²) in [6, 6.07) is 6.35. The SMILES string of the molecule is N#Cc1cc(C(=O)N2CCC3(CC3)C2)ccc1O. The molecule has 1 aromatic rings. The maximum Gasteiger partial charge on any atom is 0.253 e. The second-order valence-electron chi connectivity index (χ2n) is 5.32. The van der Waals surface area contributed by atoms with Gasteiger partial charge in [0, 0.05) is 18.7 Å². The summed E-state index contributed by atoms with van der Waals surface area (Å²) in [5.74, 6) is -0.107. The highest BCUT2D eigenvalue weighted by atomic mass is 16.3. The fraction of sp³-hybridized carbons (Fsp3) is 0.429. The molecule has 4 nitrogen and oxygen atoms in total. The molecular formula is C14H14N2O2. The Morgan fingerprint density at radius 2 is 2.17 bits per heavy atom. The summed E-state index contributed by atoms with van der Waals surface area (Å²) < 4.78 is 0. The molecule has 1 saturated heterocycles. The molecule has 18 heavy (non-hydrogen) atoms. The number of phenolic OH excluding ortho intramolecular Hbond substituents is 1. The van der Waals surface area contributed by atoms with Crippen molar-refractivity contribution in [3.63, 3.8) is 0 Å². The highest BCUT2D eigenvalue weighted by Gasteiger charge is 2.48. The molecule has 2 fully saturated rings. The normalized spacial score (nSPS) is 19.8. The number of carbonyl (C=O) groups is 1. The Morgan fingerprint density at radius 1 is 1.39 bits per heavy atom. The van der Waals surface area contributed by atoms with E-state index >= 15 is 0 Å². The van der Waals surface area contributed by atoms with Crippen LogP contribution in [0.1, 0.15) is 35.2 Å². The van der Waals surface area contributed by atoms with E-state index in [2.05, 4.69) is 0 Å². The topological polar surface area (TPSA) is 64.3 Å². The van der Waals surface area contributed by atoms with Gasteiger partial charge in [0.25, 0.3) is 5.91 Å². The second kappa shape index (κ2) is 3.74. The lowest BCUT2D eigenvalue weighted by molar-refractivity contribution is 0.0785. The Kier molecular flexibility index (Phi) is 2.30. The number of carbonyl (C=O) groups excluding carboxylic acids is 1. The van der Waals surface area contributed by atoms with Crippen LogP contribution < -0.4 is 0 Å². The first kappa shape index (κ1) is 11.1. The Balaban J connectivity index is 1.82. The molecule has 1 spiro atoms. The van der Waals surface area contributed by atoms with E-state index in [0.717, 1.165) is 19.5 Å². The largest absolute Gasteiger partial charge is 0.507 e. The van der Waals surface area contributed by atoms with E-state index in [1.807, 2.05) is 11.0 Å². The van der Waals surface area contributed by atoms with Crippen molar-refractivity contribution < 1.29 is 9.90 Å². The van der Waals surface area contributed by atoms with E-state index in [0.29, 0.717) is 11.0 Å². The molecular weight excluding hydrogens is 228 g/mol. The third kappa shape index (κ3) is 1.72. The number of rotatable bonds is 1. The average molecular weight is 242 g/mol. The minimum Gasteiger partial charge on any atom is -0.507 e. The second-order valence-corrected chi connectivity index (χ2v) is 5.32. The third-order valence-electron chi connectivity index (χ3n) is 4.05. The molecule has 1 aliphatic carbocycles. The molecule has 1 heterocycles. The highest BCUT2D eigenvalue weighted by molar-refractivity contribution is 5.95. The van der Waals surface area contributed by atoms with Crippen molar-refractivity contribution in [2.45, 2.75) is 19.3 Å². The van der Waals surface area contributed by atoms with Crippen LogP contribution in [0.15, 0.2) is 18.2 Å². The van der Waals surface area contributed by atoms with Gasteiger partial charge in [0.2, 0.25) is 0 Å². The lowest BCUT2D eigenvalue weighted by atomic mass is 10.1. The van der Waals surface area contributed by atoms with Gasteiger partial charge < -0.3 is 10.0 Å². The first-order valence-electron chi connectivity index (χ1n) is 6.16. The summed E-state index contributed by atoms with van der Waals surface area (Å²) >= 11 is 0. The van der Waals surface area contributed by atoms with Crippen LogP contribution in [0, 0.1) is 16.7 Å². The van der Waals surface area contributed by atoms with Gasteiger partial charge in [-0.05, 0) is 42.9 Å². The van der Waals surface area contributed by atoms with Gasteiger partial charge in [-0.15, -0.1) is 0 Å². The van der Waals surface area contributed by atoms with Crippen LogP contribution in [-0.2, 0) is 0 Å². The molecule has 0 unspecified atom stereocenters. The quantitative estimate of drug-likeness (QED) is 0.817. The molecule has 92 valence electrons. The van der Waals surface area contributed by atoms with E-state index in [9.17, 15) is 9.90 Å². The zero-order valence-electron chi connectivity index (χ0n) is 10.0. The van der Waals surface area contributed by atoms with Crippen LogP contribution in [0.3, 0.4) is 0 Å². The van der Waals surface area contributed by atoms with Crippen molar-refractivity contribution in [2.24, 2.45) is 5.41 Å². The van der Waals surface area contributed by atoms with E-state index < -0.39 is 0 Å². The zero-order chi connectivity index (χ0) is 12.8. The lowest BCUT2D eigenvalue weighted by Crippen LogP contribution is -2.28. The monoisotopic (exact) mass is 242 g/mol. The summed E-state index contributed by atoms with van der Waals surface area (Å²) in [6.45, 7) is 1.65. The predicted octanol–water partition coefficient (Wildman–Crippen LogP) is 1.89. The summed E-state index contributed by atoms with van der Waals surface area (Å²) in [5, 5.41) is 18.3. The fourth-order valence-electron chi connectivity index (χ4n) is 2.63. The Bertz CT molecular complexity index is 555. The smallest absolute Gasteiger partial charge is 0.253 e. The van der Waals surface area contributed by atoms with E-state index in [1.165, 1.54) is 25.0 Å². The van der Waals surface area contributed by atoms with Gasteiger partial charge in [-0.25, -0.2) is 0 Å². The first-order valence-corrected chi connectivity index (χ1v) is 6.16. The molecule has 1 aliphatic heterocycles. The number of likely N-dealkylation sites (tertiary alicyclic amines) is 1. The molecule has 0 bridgehead atoms. The van der Waals surface area contributed by atoms with Crippen molar-refractivity contribution in [1.82, 2.24) is 4.90 Å². The molecule has 1 saturated carbocycles. The first-order chi connectivity index (χ1) is 8.63. The molecule has 1 aromatic carbocycles. The molecule has 4 heteroatoms. The number of hydrogen-bond donors (Lipinski definition) is 1. The van der Waals surface area contributed by atoms with Crippen LogP contribution in [0.5, 0.6) is 5.75 Å². The van der Waals surface area contributed by atoms with Crippen molar-refractivity contribution in [1.29, 1.82) is 5.26 Å². The molecule has 2 aliphatic rings. The van der Waals surface area contributed by atoms with Crippen LogP contribution >= 0.6 is 0 Å².